The Bertz CT molecular complexity index is 670. The van der Waals surface area contributed by atoms with Crippen molar-refractivity contribution < 1.29 is 19.1 Å². The van der Waals surface area contributed by atoms with Crippen molar-refractivity contribution in [3.63, 3.8) is 0 Å². The van der Waals surface area contributed by atoms with Crippen LogP contribution in [0.1, 0.15) is 30.8 Å². The fourth-order valence-electron chi connectivity index (χ4n) is 2.42. The summed E-state index contributed by atoms with van der Waals surface area (Å²) in [7, 11) is 2.45. The second-order valence-electron chi connectivity index (χ2n) is 5.17. The Morgan fingerprint density at radius 2 is 1.92 bits per heavy atom. The fraction of sp³-hybridized carbons (Fsp3) is 0.438. The fourth-order valence-corrected chi connectivity index (χ4v) is 2.42. The summed E-state index contributed by atoms with van der Waals surface area (Å²) in [6, 6.07) is 5.61. The van der Waals surface area contributed by atoms with Crippen LogP contribution in [0.4, 0.5) is 0 Å². The largest absolute Gasteiger partial charge is 0.468 e. The van der Waals surface area contributed by atoms with Gasteiger partial charge in [0.05, 0.1) is 31.6 Å². The molecule has 0 radical (unpaired) electrons. The summed E-state index contributed by atoms with van der Waals surface area (Å²) in [5, 5.41) is 8.16. The van der Waals surface area contributed by atoms with Gasteiger partial charge < -0.3 is 9.47 Å². The average Bonchev–Trinajstić information content (AvgIpc) is 3.08. The molecule has 8 nitrogen and oxygen atoms in total. The van der Waals surface area contributed by atoms with Crippen molar-refractivity contribution in [2.45, 2.75) is 25.8 Å². The number of carbonyl (C=O) groups is 2. The van der Waals surface area contributed by atoms with E-state index < -0.39 is 17.9 Å². The summed E-state index contributed by atoms with van der Waals surface area (Å²) >= 11 is 0. The summed E-state index contributed by atoms with van der Waals surface area (Å²) in [5.74, 6) is -2.37. The van der Waals surface area contributed by atoms with Crippen LogP contribution in [0.2, 0.25) is 0 Å². The lowest BCUT2D eigenvalue weighted by atomic mass is 10.0. The first-order chi connectivity index (χ1) is 11.6. The summed E-state index contributed by atoms with van der Waals surface area (Å²) in [5.41, 5.74) is 1.37. The van der Waals surface area contributed by atoms with E-state index >= 15 is 0 Å². The van der Waals surface area contributed by atoms with E-state index in [4.69, 9.17) is 0 Å². The van der Waals surface area contributed by atoms with Crippen molar-refractivity contribution in [2.75, 3.05) is 14.2 Å². The Labute approximate surface area is 139 Å². The number of pyridine rings is 1. The normalized spacial score (nSPS) is 12.0. The van der Waals surface area contributed by atoms with Crippen LogP contribution in [-0.2, 0) is 25.5 Å². The summed E-state index contributed by atoms with van der Waals surface area (Å²) < 4.78 is 11.0. The van der Waals surface area contributed by atoms with Gasteiger partial charge in [-0.1, -0.05) is 18.2 Å². The van der Waals surface area contributed by atoms with Gasteiger partial charge in [-0.3, -0.25) is 14.6 Å². The standard InChI is InChI=1S/C16H20N4O4/c1-4-14(13-7-5-6-8-17-13)20-10-11(18-19-20)9-12(15(21)23-2)16(22)24-3/h5-8,10,12,14H,4,9H2,1-3H3/t14-/m0/s1. The smallest absolute Gasteiger partial charge is 0.320 e. The van der Waals surface area contributed by atoms with Crippen LogP contribution in [0.3, 0.4) is 0 Å². The minimum Gasteiger partial charge on any atom is -0.468 e. The van der Waals surface area contributed by atoms with Gasteiger partial charge in [0, 0.05) is 18.8 Å². The monoisotopic (exact) mass is 332 g/mol. The topological polar surface area (TPSA) is 96.2 Å². The third kappa shape index (κ3) is 3.95. The van der Waals surface area contributed by atoms with Gasteiger partial charge in [-0.25, -0.2) is 4.68 Å². The van der Waals surface area contributed by atoms with E-state index in [-0.39, 0.29) is 12.5 Å². The Hall–Kier alpha value is -2.77. The highest BCUT2D eigenvalue weighted by atomic mass is 16.5. The molecule has 0 amide bonds. The molecule has 2 heterocycles. The second-order valence-corrected chi connectivity index (χ2v) is 5.17. The lowest BCUT2D eigenvalue weighted by Crippen LogP contribution is -2.28. The van der Waals surface area contributed by atoms with Gasteiger partial charge >= 0.3 is 11.9 Å². The van der Waals surface area contributed by atoms with Crippen molar-refractivity contribution in [2.24, 2.45) is 5.92 Å². The predicted molar refractivity (Wildman–Crippen MR) is 83.9 cm³/mol. The summed E-state index contributed by atoms with van der Waals surface area (Å²) in [6.07, 6.45) is 4.28. The first-order valence-corrected chi connectivity index (χ1v) is 7.58. The molecule has 0 bridgehead atoms. The molecule has 24 heavy (non-hydrogen) atoms. The number of ether oxygens (including phenoxy) is 2. The predicted octanol–water partition coefficient (Wildman–Crippen LogP) is 1.18. The van der Waals surface area contributed by atoms with Gasteiger partial charge in [0.2, 0.25) is 0 Å². The Balaban J connectivity index is 2.19. The maximum Gasteiger partial charge on any atom is 0.320 e. The van der Waals surface area contributed by atoms with Gasteiger partial charge in [-0.2, -0.15) is 0 Å². The molecule has 0 N–H and O–H groups in total. The third-order valence-electron chi connectivity index (χ3n) is 3.68. The van der Waals surface area contributed by atoms with Crippen molar-refractivity contribution in [1.82, 2.24) is 20.0 Å². The number of hydrogen-bond donors (Lipinski definition) is 0. The second kappa shape index (κ2) is 8.19. The minimum absolute atomic E-state index is 0.0675. The molecule has 2 rings (SSSR count). The summed E-state index contributed by atoms with van der Waals surface area (Å²) in [4.78, 5) is 27.8. The van der Waals surface area contributed by atoms with E-state index in [9.17, 15) is 9.59 Å². The molecule has 0 saturated heterocycles. The molecule has 0 spiro atoms. The van der Waals surface area contributed by atoms with Crippen molar-refractivity contribution in [3.8, 4) is 0 Å². The molecule has 0 unspecified atom stereocenters. The van der Waals surface area contributed by atoms with Crippen LogP contribution in [0.5, 0.6) is 0 Å². The number of rotatable bonds is 7. The number of hydrogen-bond acceptors (Lipinski definition) is 7. The molecule has 0 aliphatic heterocycles. The number of aromatic nitrogens is 4. The molecule has 0 aliphatic carbocycles. The number of methoxy groups -OCH3 is 2. The SMILES string of the molecule is CC[C@@H](c1ccccn1)n1cc(CC(C(=O)OC)C(=O)OC)nn1. The van der Waals surface area contributed by atoms with E-state index in [1.54, 1.807) is 17.1 Å². The van der Waals surface area contributed by atoms with Crippen LogP contribution < -0.4 is 0 Å². The zero-order valence-electron chi connectivity index (χ0n) is 13.9. The highest BCUT2D eigenvalue weighted by molar-refractivity contribution is 5.95. The van der Waals surface area contributed by atoms with Gasteiger partial charge in [-0.05, 0) is 18.6 Å². The van der Waals surface area contributed by atoms with Gasteiger partial charge in [0.15, 0.2) is 5.92 Å². The van der Waals surface area contributed by atoms with E-state index in [1.807, 2.05) is 25.1 Å². The zero-order chi connectivity index (χ0) is 17.5. The molecule has 2 aromatic heterocycles. The number of carbonyl (C=O) groups excluding carboxylic acids is 2. The van der Waals surface area contributed by atoms with Crippen LogP contribution in [0.15, 0.2) is 30.6 Å². The van der Waals surface area contributed by atoms with Crippen LogP contribution >= 0.6 is 0 Å². The average molecular weight is 332 g/mol. The molecule has 2 aromatic rings. The zero-order valence-corrected chi connectivity index (χ0v) is 13.9. The maximum atomic E-state index is 11.7. The lowest BCUT2D eigenvalue weighted by molar-refractivity contribution is -0.158. The molecule has 8 heteroatoms. The Morgan fingerprint density at radius 3 is 2.46 bits per heavy atom. The van der Waals surface area contributed by atoms with E-state index in [1.165, 1.54) is 14.2 Å². The quantitative estimate of drug-likeness (QED) is 0.555. The van der Waals surface area contributed by atoms with Crippen molar-refractivity contribution in [3.05, 3.63) is 42.0 Å². The molecule has 128 valence electrons. The molecular formula is C16H20N4O4. The maximum absolute atomic E-state index is 11.7. The van der Waals surface area contributed by atoms with E-state index in [0.717, 1.165) is 12.1 Å². The van der Waals surface area contributed by atoms with Crippen molar-refractivity contribution >= 4 is 11.9 Å². The highest BCUT2D eigenvalue weighted by Gasteiger charge is 2.30. The van der Waals surface area contributed by atoms with Crippen LogP contribution in [-0.4, -0.2) is 46.1 Å². The van der Waals surface area contributed by atoms with Crippen molar-refractivity contribution in [1.29, 1.82) is 0 Å². The molecule has 0 aromatic carbocycles. The number of nitrogens with zero attached hydrogens (tertiary/aromatic N) is 4. The summed E-state index contributed by atoms with van der Waals surface area (Å²) in [6.45, 7) is 2.02. The van der Waals surface area contributed by atoms with Gasteiger partial charge in [-0.15, -0.1) is 5.10 Å². The first kappa shape index (κ1) is 17.6. The molecule has 0 saturated carbocycles. The van der Waals surface area contributed by atoms with Crippen LogP contribution in [0, 0.1) is 5.92 Å². The molecule has 0 aliphatic rings. The molecule has 0 fully saturated rings. The van der Waals surface area contributed by atoms with E-state index in [2.05, 4.69) is 24.8 Å². The van der Waals surface area contributed by atoms with E-state index in [0.29, 0.717) is 5.69 Å². The van der Waals surface area contributed by atoms with Gasteiger partial charge in [0.1, 0.15) is 0 Å². The Morgan fingerprint density at radius 1 is 1.21 bits per heavy atom. The van der Waals surface area contributed by atoms with Gasteiger partial charge in [0.25, 0.3) is 0 Å². The molecule has 1 atom stereocenters. The Kier molecular flexibility index (Phi) is 6.00. The number of esters is 2. The minimum atomic E-state index is -1.06. The highest BCUT2D eigenvalue weighted by Crippen LogP contribution is 2.19. The lowest BCUT2D eigenvalue weighted by Gasteiger charge is -2.13. The van der Waals surface area contributed by atoms with Crippen LogP contribution in [0.25, 0.3) is 0 Å². The molecular weight excluding hydrogens is 312 g/mol. The first-order valence-electron chi connectivity index (χ1n) is 7.58. The third-order valence-corrected chi connectivity index (χ3v) is 3.68.